The van der Waals surface area contributed by atoms with Gasteiger partial charge in [0.15, 0.2) is 5.58 Å². The molecule has 1 aromatic heterocycles. The maximum Gasteiger partial charge on any atom is 0.453 e. The molecule has 0 radical (unpaired) electrons. The number of phenols is 1. The molecule has 3 aromatic carbocycles. The summed E-state index contributed by atoms with van der Waals surface area (Å²) in [6.45, 7) is 4.05. The molecule has 2 heterocycles. The van der Waals surface area contributed by atoms with Crippen LogP contribution in [0.15, 0.2) is 63.8 Å². The first-order chi connectivity index (χ1) is 16.7. The number of alkyl halides is 3. The van der Waals surface area contributed by atoms with Crippen LogP contribution in [0.4, 0.5) is 13.2 Å². The molecule has 0 spiro atoms. The summed E-state index contributed by atoms with van der Waals surface area (Å²) < 4.78 is 53.1. The van der Waals surface area contributed by atoms with Crippen molar-refractivity contribution < 1.29 is 32.3 Å². The lowest BCUT2D eigenvalue weighted by Crippen LogP contribution is -3.12. The Bertz CT molecular complexity index is 1460. The standard InChI is InChI=1S/C27H24F3NO4/c1-16-5-4-12-31(14-16)15-21-22(32)11-10-20-23(33)25(26(27(28,29)30)35-24(20)21)34-19-9-8-17-6-2-3-7-18(17)13-19/h2-3,6-11,13,16,32H,4-5,12,14-15H2,1H3/p+1/t16-/m1/s1. The number of likely N-dealkylation sites (tertiary alicyclic amines) is 1. The molecule has 1 aliphatic rings. The van der Waals surface area contributed by atoms with E-state index in [-0.39, 0.29) is 34.6 Å². The van der Waals surface area contributed by atoms with E-state index in [2.05, 4.69) is 6.92 Å². The largest absolute Gasteiger partial charge is 0.507 e. The van der Waals surface area contributed by atoms with Crippen LogP contribution in [0.5, 0.6) is 17.2 Å². The van der Waals surface area contributed by atoms with Crippen molar-refractivity contribution in [2.75, 3.05) is 13.1 Å². The van der Waals surface area contributed by atoms with Crippen molar-refractivity contribution in [1.29, 1.82) is 0 Å². The molecule has 5 rings (SSSR count). The predicted octanol–water partition coefficient (Wildman–Crippen LogP) is 5.28. The molecular weight excluding hydrogens is 459 g/mol. The fourth-order valence-electron chi connectivity index (χ4n) is 4.89. The molecule has 5 nitrogen and oxygen atoms in total. The minimum absolute atomic E-state index is 0.0638. The highest BCUT2D eigenvalue weighted by Gasteiger charge is 2.41. The number of hydrogen-bond donors (Lipinski definition) is 2. The molecule has 1 fully saturated rings. The fourth-order valence-corrected chi connectivity index (χ4v) is 4.89. The molecule has 1 unspecified atom stereocenters. The molecule has 182 valence electrons. The number of benzene rings is 3. The van der Waals surface area contributed by atoms with Gasteiger partial charge >= 0.3 is 6.18 Å². The van der Waals surface area contributed by atoms with Gasteiger partial charge in [0, 0.05) is 5.92 Å². The second kappa shape index (κ2) is 8.92. The molecule has 4 aromatic rings. The topological polar surface area (TPSA) is 64.1 Å². The number of aromatic hydroxyl groups is 1. The quantitative estimate of drug-likeness (QED) is 0.414. The number of quaternary nitrogens is 1. The third kappa shape index (κ3) is 4.58. The smallest absolute Gasteiger partial charge is 0.453 e. The van der Waals surface area contributed by atoms with E-state index in [9.17, 15) is 23.1 Å². The zero-order chi connectivity index (χ0) is 24.7. The molecule has 35 heavy (non-hydrogen) atoms. The summed E-state index contributed by atoms with van der Waals surface area (Å²) >= 11 is 0. The number of halogens is 3. The predicted molar refractivity (Wildman–Crippen MR) is 126 cm³/mol. The first-order valence-corrected chi connectivity index (χ1v) is 11.6. The number of ether oxygens (including phenoxy) is 1. The molecule has 8 heteroatoms. The van der Waals surface area contributed by atoms with Gasteiger partial charge in [0.1, 0.15) is 18.0 Å². The van der Waals surface area contributed by atoms with Crippen LogP contribution < -0.4 is 15.1 Å². The lowest BCUT2D eigenvalue weighted by atomic mass is 9.99. The summed E-state index contributed by atoms with van der Waals surface area (Å²) in [5.41, 5.74) is -0.986. The van der Waals surface area contributed by atoms with E-state index in [4.69, 9.17) is 9.15 Å². The minimum Gasteiger partial charge on any atom is -0.507 e. The van der Waals surface area contributed by atoms with Crippen LogP contribution in [0.3, 0.4) is 0 Å². The third-order valence-electron chi connectivity index (χ3n) is 6.59. The molecule has 2 N–H and O–H groups in total. The van der Waals surface area contributed by atoms with Crippen LogP contribution >= 0.6 is 0 Å². The van der Waals surface area contributed by atoms with Crippen LogP contribution in [0.2, 0.25) is 0 Å². The van der Waals surface area contributed by atoms with E-state index in [0.29, 0.717) is 5.92 Å². The summed E-state index contributed by atoms with van der Waals surface area (Å²) in [6, 6.07) is 14.7. The normalized spacial score (nSPS) is 18.7. The van der Waals surface area contributed by atoms with E-state index in [1.807, 2.05) is 12.1 Å². The van der Waals surface area contributed by atoms with Gasteiger partial charge in [-0.25, -0.2) is 0 Å². The number of phenolic OH excluding ortho intramolecular Hbond substituents is 1. The van der Waals surface area contributed by atoms with Crippen molar-refractivity contribution in [1.82, 2.24) is 0 Å². The van der Waals surface area contributed by atoms with Crippen molar-refractivity contribution in [3.05, 3.63) is 76.1 Å². The highest BCUT2D eigenvalue weighted by atomic mass is 19.4. The van der Waals surface area contributed by atoms with Crippen LogP contribution in [0, 0.1) is 5.92 Å². The van der Waals surface area contributed by atoms with E-state index >= 15 is 0 Å². The molecule has 0 saturated carbocycles. The van der Waals surface area contributed by atoms with Crippen LogP contribution in [0.25, 0.3) is 21.7 Å². The van der Waals surface area contributed by atoms with Gasteiger partial charge in [-0.2, -0.15) is 13.2 Å². The van der Waals surface area contributed by atoms with Crippen LogP contribution in [-0.2, 0) is 12.7 Å². The van der Waals surface area contributed by atoms with Gasteiger partial charge in [0.05, 0.1) is 24.0 Å². The molecule has 1 saturated heterocycles. The Morgan fingerprint density at radius 2 is 1.89 bits per heavy atom. The average molecular weight is 484 g/mol. The number of rotatable bonds is 4. The van der Waals surface area contributed by atoms with E-state index in [1.54, 1.807) is 24.3 Å². The van der Waals surface area contributed by atoms with E-state index in [0.717, 1.165) is 41.6 Å². The van der Waals surface area contributed by atoms with Crippen LogP contribution in [0.1, 0.15) is 31.1 Å². The Balaban J connectivity index is 1.63. The Hall–Kier alpha value is -3.52. The van der Waals surface area contributed by atoms with Crippen molar-refractivity contribution in [3.63, 3.8) is 0 Å². The third-order valence-corrected chi connectivity index (χ3v) is 6.59. The van der Waals surface area contributed by atoms with Gasteiger partial charge in [0.25, 0.3) is 5.76 Å². The molecule has 0 amide bonds. The van der Waals surface area contributed by atoms with Crippen molar-refractivity contribution in [3.8, 4) is 17.2 Å². The lowest BCUT2D eigenvalue weighted by molar-refractivity contribution is -0.922. The second-order valence-electron chi connectivity index (χ2n) is 9.27. The average Bonchev–Trinajstić information content (AvgIpc) is 2.81. The molecule has 1 aliphatic heterocycles. The summed E-state index contributed by atoms with van der Waals surface area (Å²) in [4.78, 5) is 14.4. The summed E-state index contributed by atoms with van der Waals surface area (Å²) in [5.74, 6) is -2.07. The van der Waals surface area contributed by atoms with E-state index in [1.165, 1.54) is 18.2 Å². The highest BCUT2D eigenvalue weighted by molar-refractivity contribution is 5.85. The van der Waals surface area contributed by atoms with Crippen molar-refractivity contribution >= 4 is 21.7 Å². The fraction of sp³-hybridized carbons (Fsp3) is 0.296. The van der Waals surface area contributed by atoms with Gasteiger partial charge in [-0.1, -0.05) is 37.3 Å². The summed E-state index contributed by atoms with van der Waals surface area (Å²) in [7, 11) is 0. The summed E-state index contributed by atoms with van der Waals surface area (Å²) in [6.07, 6.45) is -2.90. The van der Waals surface area contributed by atoms with Crippen molar-refractivity contribution in [2.24, 2.45) is 5.92 Å². The molecule has 0 aliphatic carbocycles. The number of piperidine rings is 1. The maximum atomic E-state index is 14.1. The zero-order valence-corrected chi connectivity index (χ0v) is 19.1. The van der Waals surface area contributed by atoms with Crippen molar-refractivity contribution in [2.45, 2.75) is 32.5 Å². The molecule has 0 bridgehead atoms. The molecular formula is C27H25F3NO4+. The van der Waals surface area contributed by atoms with Gasteiger partial charge < -0.3 is 19.2 Å². The maximum absolute atomic E-state index is 14.1. The number of hydrogen-bond acceptors (Lipinski definition) is 4. The summed E-state index contributed by atoms with van der Waals surface area (Å²) in [5, 5.41) is 12.1. The first kappa shape index (κ1) is 23.2. The zero-order valence-electron chi connectivity index (χ0n) is 19.1. The Morgan fingerprint density at radius 3 is 2.63 bits per heavy atom. The SMILES string of the molecule is C[C@@H]1CCC[NH+](Cc2c(O)ccc3c(=O)c(Oc4ccc5ccccc5c4)c(C(F)(F)F)oc23)C1. The lowest BCUT2D eigenvalue weighted by Gasteiger charge is -2.28. The Morgan fingerprint density at radius 1 is 1.11 bits per heavy atom. The Kier molecular flexibility index (Phi) is 5.92. The monoisotopic (exact) mass is 484 g/mol. The number of nitrogens with one attached hydrogen (secondary N) is 1. The minimum atomic E-state index is -4.98. The van der Waals surface area contributed by atoms with Gasteiger partial charge in [-0.3, -0.25) is 4.79 Å². The second-order valence-corrected chi connectivity index (χ2v) is 9.27. The first-order valence-electron chi connectivity index (χ1n) is 11.6. The highest BCUT2D eigenvalue weighted by Crippen LogP contribution is 2.40. The van der Waals surface area contributed by atoms with Crippen LogP contribution in [-0.4, -0.2) is 18.2 Å². The molecule has 2 atom stereocenters. The number of fused-ring (bicyclic) bond motifs is 2. The Labute approximate surface area is 199 Å². The van der Waals surface area contributed by atoms with Gasteiger partial charge in [-0.05, 0) is 47.9 Å². The van der Waals surface area contributed by atoms with Gasteiger partial charge in [0.2, 0.25) is 11.2 Å². The van der Waals surface area contributed by atoms with E-state index < -0.39 is 23.1 Å². The van der Waals surface area contributed by atoms with Gasteiger partial charge in [-0.15, -0.1) is 0 Å².